The van der Waals surface area contributed by atoms with Crippen molar-refractivity contribution < 1.29 is 17.2 Å². The van der Waals surface area contributed by atoms with Gasteiger partial charge in [-0.2, -0.15) is 4.31 Å². The van der Waals surface area contributed by atoms with Crippen LogP contribution < -0.4 is 0 Å². The molecule has 2 unspecified atom stereocenters. The third-order valence-corrected chi connectivity index (χ3v) is 6.19. The molecule has 0 bridgehead atoms. The highest BCUT2D eigenvalue weighted by Crippen LogP contribution is 2.23. The first-order chi connectivity index (χ1) is 10.9. The lowest BCUT2D eigenvalue weighted by atomic mass is 10.0. The van der Waals surface area contributed by atoms with E-state index in [4.69, 9.17) is 0 Å². The van der Waals surface area contributed by atoms with Gasteiger partial charge in [-0.3, -0.25) is 9.80 Å². The first kappa shape index (κ1) is 21.7. The standard InChI is InChI=1S/C16H33F2N3O2S/c1-7-13(2)20-9-8-19(12-15(17)18)10-14(20)11-21(16(3,4)5)24(6,22)23/h13-15H,7-12H2,1-6H3. The van der Waals surface area contributed by atoms with Crippen LogP contribution in [-0.2, 0) is 10.0 Å². The van der Waals surface area contributed by atoms with Gasteiger partial charge in [0, 0.05) is 43.8 Å². The quantitative estimate of drug-likeness (QED) is 0.689. The van der Waals surface area contributed by atoms with Crippen LogP contribution in [0.25, 0.3) is 0 Å². The highest BCUT2D eigenvalue weighted by Gasteiger charge is 2.37. The number of sulfonamides is 1. The molecule has 0 aliphatic carbocycles. The van der Waals surface area contributed by atoms with Gasteiger partial charge in [-0.1, -0.05) is 6.92 Å². The molecular weight excluding hydrogens is 336 g/mol. The Hall–Kier alpha value is -0.310. The molecule has 1 fully saturated rings. The summed E-state index contributed by atoms with van der Waals surface area (Å²) in [5.74, 6) is 0. The van der Waals surface area contributed by atoms with Gasteiger partial charge in [0.2, 0.25) is 10.0 Å². The van der Waals surface area contributed by atoms with Gasteiger partial charge in [0.1, 0.15) is 0 Å². The Labute approximate surface area is 146 Å². The van der Waals surface area contributed by atoms with Gasteiger partial charge < -0.3 is 0 Å². The average Bonchev–Trinajstić information content (AvgIpc) is 2.41. The molecule has 0 spiro atoms. The van der Waals surface area contributed by atoms with E-state index in [1.165, 1.54) is 10.6 Å². The van der Waals surface area contributed by atoms with Crippen molar-refractivity contribution >= 4 is 10.0 Å². The molecule has 0 aromatic carbocycles. The average molecular weight is 370 g/mol. The van der Waals surface area contributed by atoms with E-state index < -0.39 is 22.0 Å². The minimum atomic E-state index is -3.38. The summed E-state index contributed by atoms with van der Waals surface area (Å²) < 4.78 is 51.4. The predicted molar refractivity (Wildman–Crippen MR) is 94.0 cm³/mol. The topological polar surface area (TPSA) is 43.9 Å². The Morgan fingerprint density at radius 1 is 1.25 bits per heavy atom. The van der Waals surface area contributed by atoms with Crippen LogP contribution in [0.2, 0.25) is 0 Å². The maximum absolute atomic E-state index is 12.7. The van der Waals surface area contributed by atoms with Crippen LogP contribution in [0.4, 0.5) is 8.78 Å². The molecule has 0 saturated carbocycles. The minimum Gasteiger partial charge on any atom is -0.295 e. The van der Waals surface area contributed by atoms with E-state index in [1.807, 2.05) is 20.8 Å². The zero-order valence-corrected chi connectivity index (χ0v) is 16.6. The second-order valence-electron chi connectivity index (χ2n) is 7.76. The summed E-state index contributed by atoms with van der Waals surface area (Å²) in [7, 11) is -3.38. The fraction of sp³-hybridized carbons (Fsp3) is 1.00. The Kier molecular flexibility index (Phi) is 7.59. The Balaban J connectivity index is 3.01. The molecule has 0 radical (unpaired) electrons. The van der Waals surface area contributed by atoms with E-state index in [0.29, 0.717) is 32.2 Å². The number of rotatable bonds is 7. The molecular formula is C16H33F2N3O2S. The van der Waals surface area contributed by atoms with Crippen molar-refractivity contribution in [3.8, 4) is 0 Å². The molecule has 0 aromatic rings. The van der Waals surface area contributed by atoms with Gasteiger partial charge in [-0.05, 0) is 34.1 Å². The van der Waals surface area contributed by atoms with Crippen LogP contribution in [0.15, 0.2) is 0 Å². The molecule has 1 saturated heterocycles. The maximum Gasteiger partial charge on any atom is 0.251 e. The first-order valence-corrected chi connectivity index (χ1v) is 10.4. The molecule has 0 aromatic heterocycles. The molecule has 1 aliphatic rings. The summed E-state index contributed by atoms with van der Waals surface area (Å²) in [6.45, 7) is 11.6. The number of hydrogen-bond donors (Lipinski definition) is 0. The molecule has 1 heterocycles. The van der Waals surface area contributed by atoms with Gasteiger partial charge in [0.25, 0.3) is 6.43 Å². The monoisotopic (exact) mass is 369 g/mol. The van der Waals surface area contributed by atoms with E-state index in [9.17, 15) is 17.2 Å². The molecule has 0 N–H and O–H groups in total. The fourth-order valence-electron chi connectivity index (χ4n) is 3.37. The smallest absolute Gasteiger partial charge is 0.251 e. The lowest BCUT2D eigenvalue weighted by Crippen LogP contribution is -2.62. The zero-order valence-electron chi connectivity index (χ0n) is 15.8. The minimum absolute atomic E-state index is 0.0820. The Bertz CT molecular complexity index is 494. The second-order valence-corrected chi connectivity index (χ2v) is 9.67. The van der Waals surface area contributed by atoms with Crippen molar-refractivity contribution in [2.45, 2.75) is 65.1 Å². The molecule has 1 rings (SSSR count). The Morgan fingerprint density at radius 2 is 1.83 bits per heavy atom. The lowest BCUT2D eigenvalue weighted by molar-refractivity contribution is 0.00180. The van der Waals surface area contributed by atoms with E-state index in [2.05, 4.69) is 18.7 Å². The number of halogens is 2. The van der Waals surface area contributed by atoms with E-state index in [1.54, 1.807) is 4.90 Å². The summed E-state index contributed by atoms with van der Waals surface area (Å²) in [5, 5.41) is 0. The van der Waals surface area contributed by atoms with Crippen LogP contribution in [0.3, 0.4) is 0 Å². The van der Waals surface area contributed by atoms with Crippen molar-refractivity contribution in [1.82, 2.24) is 14.1 Å². The van der Waals surface area contributed by atoms with E-state index in [0.717, 1.165) is 6.42 Å². The van der Waals surface area contributed by atoms with Crippen LogP contribution in [-0.4, -0.2) is 85.6 Å². The van der Waals surface area contributed by atoms with Gasteiger partial charge >= 0.3 is 0 Å². The van der Waals surface area contributed by atoms with Crippen molar-refractivity contribution in [1.29, 1.82) is 0 Å². The molecule has 24 heavy (non-hydrogen) atoms. The lowest BCUT2D eigenvalue weighted by Gasteiger charge is -2.47. The maximum atomic E-state index is 12.7. The third-order valence-electron chi connectivity index (χ3n) is 4.69. The molecule has 2 atom stereocenters. The normalized spacial score (nSPS) is 23.2. The number of hydrogen-bond acceptors (Lipinski definition) is 4. The van der Waals surface area contributed by atoms with Gasteiger partial charge in [0.05, 0.1) is 12.8 Å². The third kappa shape index (κ3) is 6.20. The van der Waals surface area contributed by atoms with Crippen molar-refractivity contribution in [2.75, 3.05) is 39.0 Å². The van der Waals surface area contributed by atoms with Crippen LogP contribution in [0.5, 0.6) is 0 Å². The molecule has 0 amide bonds. The fourth-order valence-corrected chi connectivity index (χ4v) is 4.81. The largest absolute Gasteiger partial charge is 0.295 e. The molecule has 1 aliphatic heterocycles. The van der Waals surface area contributed by atoms with Crippen molar-refractivity contribution in [3.63, 3.8) is 0 Å². The predicted octanol–water partition coefficient (Wildman–Crippen LogP) is 2.10. The van der Waals surface area contributed by atoms with Crippen molar-refractivity contribution in [3.05, 3.63) is 0 Å². The van der Waals surface area contributed by atoms with E-state index >= 15 is 0 Å². The van der Waals surface area contributed by atoms with Gasteiger partial charge in [-0.15, -0.1) is 0 Å². The first-order valence-electron chi connectivity index (χ1n) is 8.60. The summed E-state index contributed by atoms with van der Waals surface area (Å²) in [6, 6.07) is 0.214. The number of piperazine rings is 1. The summed E-state index contributed by atoms with van der Waals surface area (Å²) >= 11 is 0. The SMILES string of the molecule is CCC(C)N1CCN(CC(F)F)CC1CN(C(C)(C)C)S(C)(=O)=O. The summed E-state index contributed by atoms with van der Waals surface area (Å²) in [5.41, 5.74) is -0.542. The van der Waals surface area contributed by atoms with Gasteiger partial charge in [0.15, 0.2) is 0 Å². The molecule has 144 valence electrons. The van der Waals surface area contributed by atoms with Crippen LogP contribution in [0, 0.1) is 0 Å². The Morgan fingerprint density at radius 3 is 2.25 bits per heavy atom. The van der Waals surface area contributed by atoms with Crippen LogP contribution in [0.1, 0.15) is 41.0 Å². The molecule has 8 heteroatoms. The van der Waals surface area contributed by atoms with Gasteiger partial charge in [-0.25, -0.2) is 17.2 Å². The highest BCUT2D eigenvalue weighted by molar-refractivity contribution is 7.88. The van der Waals surface area contributed by atoms with Crippen molar-refractivity contribution in [2.24, 2.45) is 0 Å². The number of alkyl halides is 2. The van der Waals surface area contributed by atoms with E-state index in [-0.39, 0.29) is 12.6 Å². The molecule has 5 nitrogen and oxygen atoms in total. The summed E-state index contributed by atoms with van der Waals surface area (Å²) in [6.07, 6.45) is -0.208. The van der Waals surface area contributed by atoms with Crippen LogP contribution >= 0.6 is 0 Å². The highest BCUT2D eigenvalue weighted by atomic mass is 32.2. The summed E-state index contributed by atoms with van der Waals surface area (Å²) in [4.78, 5) is 4.02. The second kappa shape index (κ2) is 8.38. The number of nitrogens with zero attached hydrogens (tertiary/aromatic N) is 3. The zero-order chi connectivity index (χ0) is 18.7.